The molecule has 5 heteroatoms. The van der Waals surface area contributed by atoms with E-state index in [2.05, 4.69) is 5.32 Å². The second kappa shape index (κ2) is 4.95. The number of carbonyl (C=O) groups excluding carboxylic acids is 2. The molecule has 0 aromatic carbocycles. The molecule has 0 spiro atoms. The lowest BCUT2D eigenvalue weighted by Crippen LogP contribution is -2.44. The van der Waals surface area contributed by atoms with Gasteiger partial charge in [-0.05, 0) is 27.7 Å². The Hall–Kier alpha value is -1.10. The van der Waals surface area contributed by atoms with Gasteiger partial charge in [-0.25, -0.2) is 4.79 Å². The van der Waals surface area contributed by atoms with Gasteiger partial charge < -0.3 is 15.2 Å². The monoisotopic (exact) mass is 203 g/mol. The third-order valence-corrected chi connectivity index (χ3v) is 1.36. The van der Waals surface area contributed by atoms with Gasteiger partial charge in [0.05, 0.1) is 6.61 Å². The summed E-state index contributed by atoms with van der Waals surface area (Å²) in [6.07, 6.45) is -0.702. The van der Waals surface area contributed by atoms with Crippen molar-refractivity contribution in [2.45, 2.75) is 39.3 Å². The third-order valence-electron chi connectivity index (χ3n) is 1.36. The minimum absolute atomic E-state index is 0.307. The van der Waals surface area contributed by atoms with Gasteiger partial charge in [-0.15, -0.1) is 0 Å². The number of Topliss-reactive ketones (excluding diaryl/α,β-unsaturated/α-hetero) is 1. The molecule has 1 atom stereocenters. The van der Waals surface area contributed by atoms with Crippen molar-refractivity contribution in [3.05, 3.63) is 0 Å². The molecule has 0 heterocycles. The largest absolute Gasteiger partial charge is 0.444 e. The van der Waals surface area contributed by atoms with Crippen LogP contribution >= 0.6 is 0 Å². The lowest BCUT2D eigenvalue weighted by Gasteiger charge is -2.21. The average Bonchev–Trinajstić information content (AvgIpc) is 1.96. The second-order valence-corrected chi connectivity index (χ2v) is 3.99. The molecule has 0 radical (unpaired) electrons. The van der Waals surface area contributed by atoms with Crippen LogP contribution in [-0.4, -0.2) is 35.2 Å². The number of ketones is 1. The van der Waals surface area contributed by atoms with E-state index >= 15 is 0 Å². The zero-order chi connectivity index (χ0) is 11.4. The molecule has 0 aliphatic rings. The first kappa shape index (κ1) is 12.9. The maximum absolute atomic E-state index is 11.1. The SMILES string of the molecule is CC(=O)C(CO)NC(=O)OC(C)(C)C. The molecule has 0 aromatic heterocycles. The van der Waals surface area contributed by atoms with Gasteiger partial charge >= 0.3 is 6.09 Å². The summed E-state index contributed by atoms with van der Waals surface area (Å²) >= 11 is 0. The standard InChI is InChI=1S/C9H17NO4/c1-6(12)7(5-11)10-8(13)14-9(2,3)4/h7,11H,5H2,1-4H3,(H,10,13). The minimum Gasteiger partial charge on any atom is -0.444 e. The third kappa shape index (κ3) is 5.53. The molecule has 0 rings (SSSR count). The summed E-state index contributed by atoms with van der Waals surface area (Å²) in [7, 11) is 0. The van der Waals surface area contributed by atoms with Crippen molar-refractivity contribution in [2.75, 3.05) is 6.61 Å². The first-order valence-corrected chi connectivity index (χ1v) is 4.37. The Bertz CT molecular complexity index is 219. The Morgan fingerprint density at radius 1 is 1.43 bits per heavy atom. The average molecular weight is 203 g/mol. The van der Waals surface area contributed by atoms with Crippen molar-refractivity contribution in [1.29, 1.82) is 0 Å². The van der Waals surface area contributed by atoms with E-state index in [1.807, 2.05) is 0 Å². The van der Waals surface area contributed by atoms with E-state index in [9.17, 15) is 9.59 Å². The van der Waals surface area contributed by atoms with Crippen LogP contribution in [-0.2, 0) is 9.53 Å². The molecule has 1 unspecified atom stereocenters. The van der Waals surface area contributed by atoms with E-state index in [4.69, 9.17) is 9.84 Å². The molecule has 5 nitrogen and oxygen atoms in total. The number of hydrogen-bond donors (Lipinski definition) is 2. The predicted octanol–water partition coefficient (Wildman–Crippen LogP) is 0.461. The van der Waals surface area contributed by atoms with E-state index < -0.39 is 24.3 Å². The van der Waals surface area contributed by atoms with Crippen molar-refractivity contribution in [2.24, 2.45) is 0 Å². The summed E-state index contributed by atoms with van der Waals surface area (Å²) in [6.45, 7) is 6.02. The van der Waals surface area contributed by atoms with E-state index in [0.717, 1.165) is 0 Å². The highest BCUT2D eigenvalue weighted by Crippen LogP contribution is 2.06. The fraction of sp³-hybridized carbons (Fsp3) is 0.778. The Kier molecular flexibility index (Phi) is 4.56. The van der Waals surface area contributed by atoms with E-state index in [1.165, 1.54) is 6.92 Å². The van der Waals surface area contributed by atoms with Crippen LogP contribution in [0.25, 0.3) is 0 Å². The molecule has 0 aliphatic heterocycles. The lowest BCUT2D eigenvalue weighted by atomic mass is 10.2. The topological polar surface area (TPSA) is 75.6 Å². The van der Waals surface area contributed by atoms with E-state index in [-0.39, 0.29) is 5.78 Å². The number of aliphatic hydroxyl groups excluding tert-OH is 1. The Balaban J connectivity index is 4.11. The number of rotatable bonds is 3. The Labute approximate surface area is 83.4 Å². The maximum Gasteiger partial charge on any atom is 0.408 e. The van der Waals surface area contributed by atoms with Gasteiger partial charge in [0.25, 0.3) is 0 Å². The number of nitrogens with one attached hydrogen (secondary N) is 1. The highest BCUT2D eigenvalue weighted by molar-refractivity contribution is 5.85. The fourth-order valence-electron chi connectivity index (χ4n) is 0.726. The molecule has 0 aromatic rings. The molecule has 0 fully saturated rings. The second-order valence-electron chi connectivity index (χ2n) is 3.99. The van der Waals surface area contributed by atoms with Gasteiger partial charge in [0.15, 0.2) is 5.78 Å². The highest BCUT2D eigenvalue weighted by atomic mass is 16.6. The van der Waals surface area contributed by atoms with Crippen LogP contribution in [0.5, 0.6) is 0 Å². The van der Waals surface area contributed by atoms with Crippen LogP contribution in [0.15, 0.2) is 0 Å². The quantitative estimate of drug-likeness (QED) is 0.698. The Morgan fingerprint density at radius 2 is 1.93 bits per heavy atom. The molecule has 2 N–H and O–H groups in total. The number of carbonyl (C=O) groups is 2. The van der Waals surface area contributed by atoms with Crippen molar-refractivity contribution in [3.8, 4) is 0 Å². The van der Waals surface area contributed by atoms with Crippen molar-refractivity contribution in [3.63, 3.8) is 0 Å². The number of ether oxygens (including phenoxy) is 1. The van der Waals surface area contributed by atoms with Crippen LogP contribution in [0.3, 0.4) is 0 Å². The molecule has 0 aliphatic carbocycles. The summed E-state index contributed by atoms with van der Waals surface area (Å²) in [4.78, 5) is 22.0. The van der Waals surface area contributed by atoms with Crippen LogP contribution < -0.4 is 5.32 Å². The number of amides is 1. The van der Waals surface area contributed by atoms with Crippen LogP contribution in [0.4, 0.5) is 4.79 Å². The van der Waals surface area contributed by atoms with Gasteiger partial charge in [-0.2, -0.15) is 0 Å². The van der Waals surface area contributed by atoms with Gasteiger partial charge in [-0.3, -0.25) is 4.79 Å². The van der Waals surface area contributed by atoms with Crippen LogP contribution in [0.1, 0.15) is 27.7 Å². The number of aliphatic hydroxyl groups is 1. The van der Waals surface area contributed by atoms with Gasteiger partial charge in [-0.1, -0.05) is 0 Å². The molecule has 1 amide bonds. The number of alkyl carbamates (subject to hydrolysis) is 1. The van der Waals surface area contributed by atoms with Gasteiger partial charge in [0, 0.05) is 0 Å². The van der Waals surface area contributed by atoms with Crippen molar-refractivity contribution >= 4 is 11.9 Å². The summed E-state index contributed by atoms with van der Waals surface area (Å²) in [5.41, 5.74) is -0.610. The molecular formula is C9H17NO4. The van der Waals surface area contributed by atoms with Crippen LogP contribution in [0.2, 0.25) is 0 Å². The molecule has 82 valence electrons. The summed E-state index contributed by atoms with van der Waals surface area (Å²) in [6, 6.07) is -0.884. The Morgan fingerprint density at radius 3 is 2.21 bits per heavy atom. The summed E-state index contributed by atoms with van der Waals surface area (Å²) in [5.74, 6) is -0.307. The van der Waals surface area contributed by atoms with Crippen molar-refractivity contribution in [1.82, 2.24) is 5.32 Å². The zero-order valence-electron chi connectivity index (χ0n) is 8.96. The van der Waals surface area contributed by atoms with Crippen molar-refractivity contribution < 1.29 is 19.4 Å². The normalized spacial score (nSPS) is 13.2. The van der Waals surface area contributed by atoms with Gasteiger partial charge in [0.2, 0.25) is 0 Å². The van der Waals surface area contributed by atoms with E-state index in [0.29, 0.717) is 0 Å². The molecule has 14 heavy (non-hydrogen) atoms. The first-order chi connectivity index (χ1) is 6.26. The minimum atomic E-state index is -0.884. The van der Waals surface area contributed by atoms with Crippen LogP contribution in [0, 0.1) is 0 Å². The number of hydrogen-bond acceptors (Lipinski definition) is 4. The molecule has 0 saturated carbocycles. The first-order valence-electron chi connectivity index (χ1n) is 4.37. The van der Waals surface area contributed by atoms with E-state index in [1.54, 1.807) is 20.8 Å². The summed E-state index contributed by atoms with van der Waals surface area (Å²) in [5, 5.41) is 11.0. The highest BCUT2D eigenvalue weighted by Gasteiger charge is 2.21. The zero-order valence-corrected chi connectivity index (χ0v) is 8.96. The predicted molar refractivity (Wildman–Crippen MR) is 50.9 cm³/mol. The summed E-state index contributed by atoms with van der Waals surface area (Å²) < 4.78 is 4.91. The smallest absolute Gasteiger partial charge is 0.408 e. The molecular weight excluding hydrogens is 186 g/mol. The molecule has 0 bridgehead atoms. The molecule has 0 saturated heterocycles. The fourth-order valence-corrected chi connectivity index (χ4v) is 0.726. The lowest BCUT2D eigenvalue weighted by molar-refractivity contribution is -0.119. The maximum atomic E-state index is 11.1. The van der Waals surface area contributed by atoms with Gasteiger partial charge in [0.1, 0.15) is 11.6 Å².